The molecule has 1 aromatic carbocycles. The normalized spacial score (nSPS) is 9.94. The van der Waals surface area contributed by atoms with Gasteiger partial charge in [-0.25, -0.2) is 4.79 Å². The van der Waals surface area contributed by atoms with Gasteiger partial charge in [0, 0.05) is 11.5 Å². The minimum atomic E-state index is -0.428. The average Bonchev–Trinajstić information content (AvgIpc) is 2.39. The van der Waals surface area contributed by atoms with Gasteiger partial charge in [0.1, 0.15) is 5.58 Å². The summed E-state index contributed by atoms with van der Waals surface area (Å²) >= 11 is 0. The Bertz CT molecular complexity index is 532. The summed E-state index contributed by atoms with van der Waals surface area (Å²) in [6.45, 7) is 6.24. The summed E-state index contributed by atoms with van der Waals surface area (Å²) in [4.78, 5) is 11.0. The second kappa shape index (κ2) is 7.63. The van der Waals surface area contributed by atoms with Crippen LogP contribution in [0.25, 0.3) is 11.0 Å². The smallest absolute Gasteiger partial charge is 0.336 e. The lowest BCUT2D eigenvalue weighted by Crippen LogP contribution is -2.09. The zero-order valence-electron chi connectivity index (χ0n) is 10.8. The van der Waals surface area contributed by atoms with Crippen molar-refractivity contribution in [1.29, 1.82) is 0 Å². The fourth-order valence-electron chi connectivity index (χ4n) is 1.56. The summed E-state index contributed by atoms with van der Waals surface area (Å²) in [5, 5.41) is 12.9. The molecule has 0 atom stereocenters. The Balaban J connectivity index is 0.000000280. The van der Waals surface area contributed by atoms with Crippen LogP contribution in [-0.4, -0.2) is 18.2 Å². The largest absolute Gasteiger partial charge is 0.423 e. The number of aliphatic hydroxyl groups excluding tert-OH is 1. The molecule has 4 heteroatoms. The van der Waals surface area contributed by atoms with E-state index in [4.69, 9.17) is 9.52 Å². The zero-order valence-corrected chi connectivity index (χ0v) is 10.8. The number of hydrogen-bond donors (Lipinski definition) is 2. The highest BCUT2D eigenvalue weighted by Crippen LogP contribution is 2.15. The second-order valence-corrected chi connectivity index (χ2v) is 3.70. The molecule has 0 spiro atoms. The molecule has 2 N–H and O–H groups in total. The van der Waals surface area contributed by atoms with E-state index in [0.29, 0.717) is 11.1 Å². The summed E-state index contributed by atoms with van der Waals surface area (Å²) < 4.78 is 4.94. The Hall–Kier alpha value is -1.65. The molecule has 0 fully saturated rings. The molecule has 0 saturated heterocycles. The van der Waals surface area contributed by atoms with Crippen molar-refractivity contribution in [2.45, 2.75) is 20.5 Å². The number of rotatable bonds is 3. The number of hydrogen-bond acceptors (Lipinski definition) is 4. The van der Waals surface area contributed by atoms with E-state index >= 15 is 0 Å². The van der Waals surface area contributed by atoms with Crippen molar-refractivity contribution in [2.24, 2.45) is 0 Å². The van der Waals surface area contributed by atoms with Crippen molar-refractivity contribution >= 4 is 11.0 Å². The molecule has 4 nitrogen and oxygen atoms in total. The second-order valence-electron chi connectivity index (χ2n) is 3.70. The van der Waals surface area contributed by atoms with Crippen molar-refractivity contribution in [2.75, 3.05) is 13.1 Å². The van der Waals surface area contributed by atoms with Gasteiger partial charge < -0.3 is 14.8 Å². The molecule has 0 aliphatic heterocycles. The maximum atomic E-state index is 11.0. The van der Waals surface area contributed by atoms with Crippen LogP contribution in [0.1, 0.15) is 19.4 Å². The lowest BCUT2D eigenvalue weighted by Gasteiger charge is -2.00. The molecule has 1 aromatic heterocycles. The van der Waals surface area contributed by atoms with E-state index in [0.717, 1.165) is 18.5 Å². The molecule has 0 unspecified atom stereocenters. The minimum absolute atomic E-state index is 0.147. The van der Waals surface area contributed by atoms with Gasteiger partial charge in [-0.15, -0.1) is 0 Å². The van der Waals surface area contributed by atoms with Crippen LogP contribution in [0.2, 0.25) is 0 Å². The topological polar surface area (TPSA) is 62.5 Å². The highest BCUT2D eigenvalue weighted by atomic mass is 16.4. The first-order chi connectivity index (χ1) is 8.72. The van der Waals surface area contributed by atoms with Crippen LogP contribution in [-0.2, 0) is 6.61 Å². The van der Waals surface area contributed by atoms with Gasteiger partial charge in [0.05, 0.1) is 6.61 Å². The number of benzene rings is 1. The Kier molecular flexibility index (Phi) is 6.11. The molecule has 0 radical (unpaired) electrons. The first-order valence-electron chi connectivity index (χ1n) is 6.06. The van der Waals surface area contributed by atoms with Crippen molar-refractivity contribution in [3.63, 3.8) is 0 Å². The summed E-state index contributed by atoms with van der Waals surface area (Å²) in [5.74, 6) is 0. The molecule has 0 aliphatic rings. The first-order valence-corrected chi connectivity index (χ1v) is 6.06. The Morgan fingerprint density at radius 1 is 1.22 bits per heavy atom. The monoisotopic (exact) mass is 249 g/mol. The van der Waals surface area contributed by atoms with Crippen molar-refractivity contribution in [3.05, 3.63) is 46.3 Å². The molecule has 18 heavy (non-hydrogen) atoms. The standard InChI is InChI=1S/C10H8O3.C4H11N/c11-6-7-5-10(12)13-9-4-2-1-3-8(7)9;1-3-5-4-2/h1-5,11H,6H2;5H,3-4H2,1-2H3. The van der Waals surface area contributed by atoms with Gasteiger partial charge >= 0.3 is 5.63 Å². The van der Waals surface area contributed by atoms with Crippen LogP contribution in [0, 0.1) is 0 Å². The SMILES string of the molecule is CCNCC.O=c1cc(CO)c2ccccc2o1. The molecule has 98 valence electrons. The van der Waals surface area contributed by atoms with Crippen molar-refractivity contribution < 1.29 is 9.52 Å². The summed E-state index contributed by atoms with van der Waals surface area (Å²) in [5.41, 5.74) is 0.689. The van der Waals surface area contributed by atoms with Crippen LogP contribution in [0.5, 0.6) is 0 Å². The Morgan fingerprint density at radius 3 is 2.44 bits per heavy atom. The van der Waals surface area contributed by atoms with E-state index in [2.05, 4.69) is 19.2 Å². The van der Waals surface area contributed by atoms with Gasteiger partial charge in [-0.2, -0.15) is 0 Å². The minimum Gasteiger partial charge on any atom is -0.423 e. The van der Waals surface area contributed by atoms with Crippen LogP contribution in [0.3, 0.4) is 0 Å². The van der Waals surface area contributed by atoms with E-state index in [9.17, 15) is 4.79 Å². The van der Waals surface area contributed by atoms with Crippen molar-refractivity contribution in [1.82, 2.24) is 5.32 Å². The van der Waals surface area contributed by atoms with Gasteiger partial charge in [-0.3, -0.25) is 0 Å². The lowest BCUT2D eigenvalue weighted by molar-refractivity contribution is 0.282. The van der Waals surface area contributed by atoms with Gasteiger partial charge in [-0.1, -0.05) is 32.0 Å². The molecule has 0 bridgehead atoms. The van der Waals surface area contributed by atoms with Crippen LogP contribution < -0.4 is 10.9 Å². The quantitative estimate of drug-likeness (QED) is 0.816. The summed E-state index contributed by atoms with van der Waals surface area (Å²) in [6, 6.07) is 8.44. The lowest BCUT2D eigenvalue weighted by atomic mass is 10.1. The molecule has 0 saturated carbocycles. The van der Waals surface area contributed by atoms with E-state index in [1.807, 2.05) is 12.1 Å². The maximum absolute atomic E-state index is 11.0. The van der Waals surface area contributed by atoms with Crippen molar-refractivity contribution in [3.8, 4) is 0 Å². The predicted octanol–water partition coefficient (Wildman–Crippen LogP) is 1.90. The van der Waals surface area contributed by atoms with Gasteiger partial charge in [0.2, 0.25) is 0 Å². The van der Waals surface area contributed by atoms with Crippen LogP contribution in [0.4, 0.5) is 0 Å². The Labute approximate surface area is 106 Å². The fourth-order valence-corrected chi connectivity index (χ4v) is 1.56. The van der Waals surface area contributed by atoms with E-state index < -0.39 is 5.63 Å². The van der Waals surface area contributed by atoms with Crippen LogP contribution in [0.15, 0.2) is 39.5 Å². The first kappa shape index (κ1) is 14.4. The van der Waals surface area contributed by atoms with E-state index in [-0.39, 0.29) is 6.61 Å². The maximum Gasteiger partial charge on any atom is 0.336 e. The highest BCUT2D eigenvalue weighted by Gasteiger charge is 2.02. The third kappa shape index (κ3) is 3.98. The van der Waals surface area contributed by atoms with Crippen LogP contribution >= 0.6 is 0 Å². The zero-order chi connectivity index (χ0) is 13.4. The highest BCUT2D eigenvalue weighted by molar-refractivity contribution is 5.79. The molecule has 0 aliphatic carbocycles. The third-order valence-electron chi connectivity index (χ3n) is 2.41. The Morgan fingerprint density at radius 2 is 1.89 bits per heavy atom. The fraction of sp³-hybridized carbons (Fsp3) is 0.357. The van der Waals surface area contributed by atoms with Gasteiger partial charge in [0.15, 0.2) is 0 Å². The number of fused-ring (bicyclic) bond motifs is 1. The average molecular weight is 249 g/mol. The number of para-hydroxylation sites is 1. The van der Waals surface area contributed by atoms with E-state index in [1.54, 1.807) is 12.1 Å². The summed E-state index contributed by atoms with van der Waals surface area (Å²) in [7, 11) is 0. The number of aliphatic hydroxyl groups is 1. The van der Waals surface area contributed by atoms with Gasteiger partial charge in [-0.05, 0) is 24.7 Å². The molecule has 2 aromatic rings. The molecular formula is C14H19NO3. The third-order valence-corrected chi connectivity index (χ3v) is 2.41. The van der Waals surface area contributed by atoms with Gasteiger partial charge in [0.25, 0.3) is 0 Å². The molecular weight excluding hydrogens is 230 g/mol. The number of nitrogens with one attached hydrogen (secondary N) is 1. The molecule has 2 rings (SSSR count). The predicted molar refractivity (Wildman–Crippen MR) is 72.6 cm³/mol. The summed E-state index contributed by atoms with van der Waals surface area (Å²) in [6.07, 6.45) is 0. The van der Waals surface area contributed by atoms with E-state index in [1.165, 1.54) is 6.07 Å². The molecule has 0 amide bonds. The molecule has 1 heterocycles.